The lowest BCUT2D eigenvalue weighted by Crippen LogP contribution is -2.32. The maximum absolute atomic E-state index is 12.5. The molecule has 3 aromatic heterocycles. The van der Waals surface area contributed by atoms with Crippen LogP contribution in [0, 0.1) is 13.8 Å². The van der Waals surface area contributed by atoms with Crippen LogP contribution in [0.5, 0.6) is 5.88 Å². The predicted molar refractivity (Wildman–Crippen MR) is 127 cm³/mol. The molecule has 2 N–H and O–H groups in total. The predicted octanol–water partition coefficient (Wildman–Crippen LogP) is 4.04. The van der Waals surface area contributed by atoms with Gasteiger partial charge in [-0.25, -0.2) is 9.78 Å². The number of hydrogen-bond donors (Lipinski definition) is 2. The molecule has 0 saturated heterocycles. The Labute approximate surface area is 192 Å². The Hall–Kier alpha value is -2.94. The number of aromatic amines is 1. The number of nitrogens with one attached hydrogen (secondary N) is 1. The van der Waals surface area contributed by atoms with Gasteiger partial charge >= 0.3 is 5.69 Å². The molecule has 0 aliphatic heterocycles. The van der Waals surface area contributed by atoms with Crippen LogP contribution in [0.1, 0.15) is 23.6 Å². The van der Waals surface area contributed by atoms with Crippen molar-refractivity contribution >= 4 is 33.2 Å². The molecule has 1 unspecified atom stereocenters. The van der Waals surface area contributed by atoms with E-state index in [-0.39, 0.29) is 6.54 Å². The lowest BCUT2D eigenvalue weighted by atomic mass is 10.1. The molecule has 0 bridgehead atoms. The van der Waals surface area contributed by atoms with Crippen molar-refractivity contribution in [1.29, 1.82) is 0 Å². The number of fused-ring (bicyclic) bond motifs is 1. The van der Waals surface area contributed by atoms with Crippen molar-refractivity contribution in [2.24, 2.45) is 0 Å². The summed E-state index contributed by atoms with van der Waals surface area (Å²) in [7, 11) is 0. The molecule has 4 aromatic rings. The Bertz CT molecular complexity index is 1400. The number of nitrogens with zero attached hydrogens (tertiary/aromatic N) is 2. The molecular weight excluding hydrogens is 450 g/mol. The number of aliphatic hydroxyl groups excluding tert-OH is 1. The second-order valence-corrected chi connectivity index (χ2v) is 9.15. The molecule has 0 saturated carbocycles. The van der Waals surface area contributed by atoms with Crippen molar-refractivity contribution in [2.45, 2.75) is 40.0 Å². The number of aliphatic hydroxyl groups is 1. The molecular formula is C23H22ClN3O4S. The van der Waals surface area contributed by atoms with Crippen LogP contribution in [0.4, 0.5) is 0 Å². The van der Waals surface area contributed by atoms with Gasteiger partial charge in [0.15, 0.2) is 0 Å². The molecule has 0 spiro atoms. The fraction of sp³-hybridized carbons (Fsp3) is 0.261. The third kappa shape index (κ3) is 4.34. The van der Waals surface area contributed by atoms with Crippen LogP contribution in [0.2, 0.25) is 5.02 Å². The highest BCUT2D eigenvalue weighted by molar-refractivity contribution is 7.22. The van der Waals surface area contributed by atoms with Gasteiger partial charge < -0.3 is 9.84 Å². The van der Waals surface area contributed by atoms with Crippen LogP contribution >= 0.6 is 22.9 Å². The molecule has 9 heteroatoms. The fourth-order valence-corrected chi connectivity index (χ4v) is 4.99. The SMILES string of the molecule is Cc1ccc(COc2ncc(-c3sc4c(c3C)c(=O)[nH]c(=O)n4CC(C)O)cc2Cl)cc1. The molecule has 0 fully saturated rings. The summed E-state index contributed by atoms with van der Waals surface area (Å²) in [5, 5.41) is 10.5. The van der Waals surface area contributed by atoms with Crippen LogP contribution in [0.25, 0.3) is 20.7 Å². The van der Waals surface area contributed by atoms with Crippen molar-refractivity contribution in [2.75, 3.05) is 0 Å². The van der Waals surface area contributed by atoms with E-state index in [1.54, 1.807) is 19.2 Å². The first-order chi connectivity index (χ1) is 15.2. The van der Waals surface area contributed by atoms with Gasteiger partial charge in [-0.1, -0.05) is 41.4 Å². The van der Waals surface area contributed by atoms with E-state index >= 15 is 0 Å². The average molecular weight is 472 g/mol. The van der Waals surface area contributed by atoms with E-state index in [0.29, 0.717) is 33.3 Å². The minimum absolute atomic E-state index is 0.0797. The van der Waals surface area contributed by atoms with Gasteiger partial charge in [0.1, 0.15) is 16.5 Å². The first-order valence-electron chi connectivity index (χ1n) is 10.0. The first-order valence-corrected chi connectivity index (χ1v) is 11.2. The summed E-state index contributed by atoms with van der Waals surface area (Å²) in [6, 6.07) is 9.74. The minimum Gasteiger partial charge on any atom is -0.472 e. The fourth-order valence-electron chi connectivity index (χ4n) is 3.47. The lowest BCUT2D eigenvalue weighted by Gasteiger charge is -2.09. The molecule has 0 amide bonds. The van der Waals surface area contributed by atoms with E-state index in [9.17, 15) is 14.7 Å². The van der Waals surface area contributed by atoms with Crippen molar-refractivity contribution in [1.82, 2.24) is 14.5 Å². The van der Waals surface area contributed by atoms with Crippen LogP contribution in [0.3, 0.4) is 0 Å². The summed E-state index contributed by atoms with van der Waals surface area (Å²) in [6.45, 7) is 5.85. The standard InChI is InChI=1S/C23H22ClN3O4S/c1-12-4-6-15(7-5-12)11-31-21-17(24)8-16(9-25-21)19-14(3)18-20(29)26-23(30)27(10-13(2)28)22(18)32-19/h4-9,13,28H,10-11H2,1-3H3,(H,26,29,30). The van der Waals surface area contributed by atoms with Gasteiger partial charge in [0.25, 0.3) is 5.56 Å². The zero-order valence-corrected chi connectivity index (χ0v) is 19.4. The van der Waals surface area contributed by atoms with Crippen LogP contribution in [-0.2, 0) is 13.2 Å². The van der Waals surface area contributed by atoms with Crippen molar-refractivity contribution < 1.29 is 9.84 Å². The number of aryl methyl sites for hydroxylation is 2. The van der Waals surface area contributed by atoms with E-state index in [1.165, 1.54) is 21.5 Å². The van der Waals surface area contributed by atoms with Gasteiger partial charge in [0.05, 0.1) is 18.0 Å². The largest absolute Gasteiger partial charge is 0.472 e. The number of aromatic nitrogens is 3. The Morgan fingerprint density at radius 3 is 2.62 bits per heavy atom. The summed E-state index contributed by atoms with van der Waals surface area (Å²) in [4.78, 5) is 32.8. The van der Waals surface area contributed by atoms with Gasteiger partial charge in [-0.2, -0.15) is 0 Å². The quantitative estimate of drug-likeness (QED) is 0.442. The Morgan fingerprint density at radius 2 is 1.97 bits per heavy atom. The number of thiophene rings is 1. The second kappa shape index (κ2) is 8.90. The second-order valence-electron chi connectivity index (χ2n) is 7.74. The molecule has 1 atom stereocenters. The highest BCUT2D eigenvalue weighted by Gasteiger charge is 2.19. The smallest absolute Gasteiger partial charge is 0.329 e. The number of halogens is 1. The Balaban J connectivity index is 1.69. The summed E-state index contributed by atoms with van der Waals surface area (Å²) in [5.74, 6) is 0.318. The van der Waals surface area contributed by atoms with Crippen molar-refractivity contribution in [3.63, 3.8) is 0 Å². The molecule has 7 nitrogen and oxygen atoms in total. The maximum Gasteiger partial charge on any atom is 0.329 e. The van der Waals surface area contributed by atoms with Crippen molar-refractivity contribution in [3.8, 4) is 16.3 Å². The summed E-state index contributed by atoms with van der Waals surface area (Å²) in [5.41, 5.74) is 2.61. The van der Waals surface area contributed by atoms with Gasteiger partial charge in [0, 0.05) is 16.6 Å². The van der Waals surface area contributed by atoms with Crippen LogP contribution in [-0.4, -0.2) is 25.7 Å². The molecule has 0 aliphatic carbocycles. The Kier molecular flexibility index (Phi) is 6.19. The third-order valence-corrected chi connectivity index (χ3v) is 6.71. The van der Waals surface area contributed by atoms with Crippen LogP contribution in [0.15, 0.2) is 46.1 Å². The zero-order valence-electron chi connectivity index (χ0n) is 17.8. The molecule has 3 heterocycles. The highest BCUT2D eigenvalue weighted by Crippen LogP contribution is 2.38. The van der Waals surface area contributed by atoms with E-state index in [4.69, 9.17) is 16.3 Å². The Morgan fingerprint density at radius 1 is 1.25 bits per heavy atom. The molecule has 1 aromatic carbocycles. The molecule has 32 heavy (non-hydrogen) atoms. The van der Waals surface area contributed by atoms with Crippen molar-refractivity contribution in [3.05, 3.63) is 79.1 Å². The molecule has 0 aliphatic rings. The summed E-state index contributed by atoms with van der Waals surface area (Å²) in [6.07, 6.45) is 0.896. The number of hydrogen-bond acceptors (Lipinski definition) is 6. The highest BCUT2D eigenvalue weighted by atomic mass is 35.5. The average Bonchev–Trinajstić information content (AvgIpc) is 3.09. The number of rotatable bonds is 6. The number of H-pyrrole nitrogens is 1. The minimum atomic E-state index is -0.742. The van der Waals surface area contributed by atoms with Gasteiger partial charge in [-0.15, -0.1) is 11.3 Å². The van der Waals surface area contributed by atoms with Gasteiger partial charge in [0.2, 0.25) is 5.88 Å². The monoisotopic (exact) mass is 471 g/mol. The first kappa shape index (κ1) is 22.3. The van der Waals surface area contributed by atoms with Gasteiger partial charge in [-0.3, -0.25) is 14.3 Å². The van der Waals surface area contributed by atoms with Crippen LogP contribution < -0.4 is 16.0 Å². The van der Waals surface area contributed by atoms with E-state index in [1.807, 2.05) is 38.1 Å². The normalized spacial score (nSPS) is 12.3. The summed E-state index contributed by atoms with van der Waals surface area (Å²) >= 11 is 7.73. The molecule has 4 rings (SSSR count). The van der Waals surface area contributed by atoms with E-state index in [2.05, 4.69) is 9.97 Å². The molecule has 166 valence electrons. The lowest BCUT2D eigenvalue weighted by molar-refractivity contribution is 0.173. The molecule has 0 radical (unpaired) electrons. The summed E-state index contributed by atoms with van der Waals surface area (Å²) < 4.78 is 7.16. The maximum atomic E-state index is 12.5. The van der Waals surface area contributed by atoms with E-state index < -0.39 is 17.4 Å². The number of pyridine rings is 1. The third-order valence-electron chi connectivity index (χ3n) is 5.08. The number of benzene rings is 1. The zero-order chi connectivity index (χ0) is 23.0. The number of ether oxygens (including phenoxy) is 1. The van der Waals surface area contributed by atoms with E-state index in [0.717, 1.165) is 16.0 Å². The topological polar surface area (TPSA) is 97.2 Å². The van der Waals surface area contributed by atoms with Gasteiger partial charge in [-0.05, 0) is 38.0 Å².